The van der Waals surface area contributed by atoms with Crippen LogP contribution in [0.5, 0.6) is 0 Å². The van der Waals surface area contributed by atoms with Crippen LogP contribution in [0.15, 0.2) is 24.3 Å². The van der Waals surface area contributed by atoms with Crippen molar-refractivity contribution in [1.29, 1.82) is 0 Å². The zero-order valence-corrected chi connectivity index (χ0v) is 13.9. The zero-order chi connectivity index (χ0) is 16.1. The molecule has 1 amide bonds. The highest BCUT2D eigenvalue weighted by Gasteiger charge is 2.11. The van der Waals surface area contributed by atoms with Gasteiger partial charge in [-0.25, -0.2) is 4.98 Å². The molecule has 1 aromatic carbocycles. The Morgan fingerprint density at radius 1 is 1.14 bits per heavy atom. The third-order valence-electron chi connectivity index (χ3n) is 3.54. The highest BCUT2D eigenvalue weighted by Crippen LogP contribution is 2.21. The van der Waals surface area contributed by atoms with Crippen LogP contribution in [0.4, 0.5) is 5.13 Å². The summed E-state index contributed by atoms with van der Waals surface area (Å²) in [7, 11) is 0. The Hall–Kier alpha value is -2.01. The Morgan fingerprint density at radius 2 is 1.82 bits per heavy atom. The largest absolute Gasteiger partial charge is 0.302 e. The number of nitrogens with zero attached hydrogens (tertiary/aromatic N) is 1. The van der Waals surface area contributed by atoms with E-state index in [4.69, 9.17) is 0 Å². The zero-order valence-electron chi connectivity index (χ0n) is 13.1. The number of carbonyl (C=O) groups is 2. The van der Waals surface area contributed by atoms with Gasteiger partial charge in [0.25, 0.3) is 0 Å². The molecule has 116 valence electrons. The van der Waals surface area contributed by atoms with Gasteiger partial charge in [-0.1, -0.05) is 31.2 Å². The molecule has 0 unspecified atom stereocenters. The van der Waals surface area contributed by atoms with Crippen molar-refractivity contribution in [1.82, 2.24) is 4.98 Å². The molecule has 4 nitrogen and oxygen atoms in total. The van der Waals surface area contributed by atoms with Gasteiger partial charge >= 0.3 is 0 Å². The maximum Gasteiger partial charge on any atom is 0.226 e. The van der Waals surface area contributed by atoms with Crippen LogP contribution in [-0.2, 0) is 11.2 Å². The molecule has 0 saturated carbocycles. The maximum atomic E-state index is 12.1. The minimum atomic E-state index is -0.174. The number of hydrogen-bond donors (Lipinski definition) is 1. The van der Waals surface area contributed by atoms with Crippen LogP contribution in [0, 0.1) is 13.8 Å². The standard InChI is InChI=1S/C17H20N2O2S/c1-4-13-5-7-14(8-6-13)15(20)9-10-16(21)19-17-18-11(2)12(3)22-17/h5-8H,4,9-10H2,1-3H3,(H,18,19,21). The minimum Gasteiger partial charge on any atom is -0.302 e. The summed E-state index contributed by atoms with van der Waals surface area (Å²) in [4.78, 5) is 29.3. The third kappa shape index (κ3) is 4.24. The summed E-state index contributed by atoms with van der Waals surface area (Å²) < 4.78 is 0. The Kier molecular flexibility index (Phi) is 5.44. The van der Waals surface area contributed by atoms with Gasteiger partial charge in [0.15, 0.2) is 10.9 Å². The molecule has 1 N–H and O–H groups in total. The predicted octanol–water partition coefficient (Wildman–Crippen LogP) is 3.92. The first kappa shape index (κ1) is 16.4. The van der Waals surface area contributed by atoms with Gasteiger partial charge in [-0.15, -0.1) is 11.3 Å². The summed E-state index contributed by atoms with van der Waals surface area (Å²) >= 11 is 1.45. The van der Waals surface area contributed by atoms with Gasteiger partial charge < -0.3 is 5.32 Å². The van der Waals surface area contributed by atoms with Gasteiger partial charge in [0.1, 0.15) is 0 Å². The second-order valence-electron chi connectivity index (χ2n) is 5.18. The molecule has 0 aliphatic carbocycles. The summed E-state index contributed by atoms with van der Waals surface area (Å²) in [5.74, 6) is -0.184. The van der Waals surface area contributed by atoms with Gasteiger partial charge in [0.05, 0.1) is 5.69 Å². The number of ketones is 1. The van der Waals surface area contributed by atoms with E-state index in [1.54, 1.807) is 0 Å². The number of hydrogen-bond acceptors (Lipinski definition) is 4. The van der Waals surface area contributed by atoms with E-state index in [0.29, 0.717) is 10.7 Å². The van der Waals surface area contributed by atoms with Crippen molar-refractivity contribution in [2.45, 2.75) is 40.0 Å². The smallest absolute Gasteiger partial charge is 0.226 e. The number of benzene rings is 1. The average Bonchev–Trinajstić information content (AvgIpc) is 2.82. The fourth-order valence-corrected chi connectivity index (χ4v) is 2.84. The Bertz CT molecular complexity index is 655. The van der Waals surface area contributed by atoms with E-state index < -0.39 is 0 Å². The molecule has 5 heteroatoms. The average molecular weight is 316 g/mol. The first-order valence-corrected chi connectivity index (χ1v) is 8.17. The number of aromatic nitrogens is 1. The molecule has 0 radical (unpaired) electrons. The first-order valence-electron chi connectivity index (χ1n) is 7.35. The highest BCUT2D eigenvalue weighted by molar-refractivity contribution is 7.15. The number of rotatable bonds is 6. The van der Waals surface area contributed by atoms with Crippen molar-refractivity contribution < 1.29 is 9.59 Å². The van der Waals surface area contributed by atoms with Crippen molar-refractivity contribution in [2.24, 2.45) is 0 Å². The molecule has 0 bridgehead atoms. The number of Topliss-reactive ketones (excluding diaryl/α,β-unsaturated/α-hetero) is 1. The summed E-state index contributed by atoms with van der Waals surface area (Å²) in [5.41, 5.74) is 2.78. The molecule has 0 aliphatic rings. The summed E-state index contributed by atoms with van der Waals surface area (Å²) in [6, 6.07) is 7.56. The van der Waals surface area contributed by atoms with E-state index >= 15 is 0 Å². The third-order valence-corrected chi connectivity index (χ3v) is 4.53. The number of amides is 1. The van der Waals surface area contributed by atoms with Crippen molar-refractivity contribution in [2.75, 3.05) is 5.32 Å². The van der Waals surface area contributed by atoms with Crippen LogP contribution in [0.3, 0.4) is 0 Å². The lowest BCUT2D eigenvalue weighted by atomic mass is 10.0. The molecule has 1 aromatic heterocycles. The van der Waals surface area contributed by atoms with E-state index in [9.17, 15) is 9.59 Å². The van der Waals surface area contributed by atoms with Crippen LogP contribution in [-0.4, -0.2) is 16.7 Å². The maximum absolute atomic E-state index is 12.1. The highest BCUT2D eigenvalue weighted by atomic mass is 32.1. The first-order chi connectivity index (χ1) is 10.5. The number of aryl methyl sites for hydroxylation is 3. The van der Waals surface area contributed by atoms with Crippen LogP contribution < -0.4 is 5.32 Å². The number of thiazole rings is 1. The topological polar surface area (TPSA) is 59.1 Å². The molecule has 2 aromatic rings. The van der Waals surface area contributed by atoms with Gasteiger partial charge in [-0.3, -0.25) is 9.59 Å². The molecular weight excluding hydrogens is 296 g/mol. The van der Waals surface area contributed by atoms with Crippen molar-refractivity contribution in [3.8, 4) is 0 Å². The van der Waals surface area contributed by atoms with Crippen LogP contribution in [0.2, 0.25) is 0 Å². The number of anilines is 1. The minimum absolute atomic E-state index is 0.00990. The lowest BCUT2D eigenvalue weighted by molar-refractivity contribution is -0.116. The van der Waals surface area contributed by atoms with Gasteiger partial charge in [0, 0.05) is 23.3 Å². The molecule has 0 fully saturated rings. The molecule has 1 heterocycles. The van der Waals surface area contributed by atoms with Crippen molar-refractivity contribution in [3.05, 3.63) is 46.0 Å². The molecule has 0 atom stereocenters. The molecule has 0 aliphatic heterocycles. The molecule has 22 heavy (non-hydrogen) atoms. The normalized spacial score (nSPS) is 10.5. The summed E-state index contributed by atoms with van der Waals surface area (Å²) in [6.07, 6.45) is 1.33. The van der Waals surface area contributed by atoms with E-state index in [0.717, 1.165) is 17.0 Å². The Labute approximate surface area is 134 Å². The molecule has 0 spiro atoms. The fraction of sp³-hybridized carbons (Fsp3) is 0.353. The lowest BCUT2D eigenvalue weighted by Crippen LogP contribution is -2.13. The van der Waals surface area contributed by atoms with Crippen molar-refractivity contribution >= 4 is 28.2 Å². The summed E-state index contributed by atoms with van der Waals surface area (Å²) in [5, 5.41) is 3.34. The number of carbonyl (C=O) groups excluding carboxylic acids is 2. The fourth-order valence-electron chi connectivity index (χ4n) is 2.01. The van der Waals surface area contributed by atoms with E-state index in [2.05, 4.69) is 17.2 Å². The van der Waals surface area contributed by atoms with Crippen molar-refractivity contribution in [3.63, 3.8) is 0 Å². The lowest BCUT2D eigenvalue weighted by Gasteiger charge is -2.03. The second kappa shape index (κ2) is 7.31. The summed E-state index contributed by atoms with van der Waals surface area (Å²) in [6.45, 7) is 5.94. The Morgan fingerprint density at radius 3 is 2.36 bits per heavy atom. The number of nitrogens with one attached hydrogen (secondary N) is 1. The van der Waals surface area contributed by atoms with Gasteiger partial charge in [0.2, 0.25) is 5.91 Å². The Balaban J connectivity index is 1.85. The molecule has 0 saturated heterocycles. The van der Waals surface area contributed by atoms with Gasteiger partial charge in [-0.05, 0) is 25.8 Å². The monoisotopic (exact) mass is 316 g/mol. The van der Waals surface area contributed by atoms with Crippen LogP contribution in [0.25, 0.3) is 0 Å². The van der Waals surface area contributed by atoms with E-state index in [-0.39, 0.29) is 24.5 Å². The van der Waals surface area contributed by atoms with Gasteiger partial charge in [-0.2, -0.15) is 0 Å². The quantitative estimate of drug-likeness (QED) is 0.822. The van der Waals surface area contributed by atoms with E-state index in [1.807, 2.05) is 38.1 Å². The predicted molar refractivity (Wildman–Crippen MR) is 89.6 cm³/mol. The molecular formula is C17H20N2O2S. The second-order valence-corrected chi connectivity index (χ2v) is 6.39. The van der Waals surface area contributed by atoms with E-state index in [1.165, 1.54) is 16.9 Å². The SMILES string of the molecule is CCc1ccc(C(=O)CCC(=O)Nc2nc(C)c(C)s2)cc1. The molecule has 2 rings (SSSR count). The van der Waals surface area contributed by atoms with Crippen LogP contribution >= 0.6 is 11.3 Å². The van der Waals surface area contributed by atoms with Crippen LogP contribution in [0.1, 0.15) is 46.3 Å².